The first-order chi connectivity index (χ1) is 6.08. The Morgan fingerprint density at radius 3 is 2.77 bits per heavy atom. The van der Waals surface area contributed by atoms with Crippen molar-refractivity contribution in [2.45, 2.75) is 12.6 Å². The third-order valence-electron chi connectivity index (χ3n) is 1.47. The quantitative estimate of drug-likeness (QED) is 0.769. The molecule has 0 fully saturated rings. The molecule has 0 aromatic heterocycles. The zero-order valence-electron chi connectivity index (χ0n) is 7.02. The molecule has 1 N–H and O–H groups in total. The molecule has 0 aromatic carbocycles. The summed E-state index contributed by atoms with van der Waals surface area (Å²) in [6.07, 6.45) is -3.10. The standard InChI is InChI=1S/C7H11F3N2S/c8-7(9,10)5-13-4-6-11-2-1-3-12-6/h1-5H2,(H,11,12). The molecule has 76 valence electrons. The van der Waals surface area contributed by atoms with Crippen LogP contribution in [0.3, 0.4) is 0 Å². The van der Waals surface area contributed by atoms with Crippen molar-refractivity contribution in [3.8, 4) is 0 Å². The van der Waals surface area contributed by atoms with E-state index in [1.54, 1.807) is 0 Å². The average molecular weight is 212 g/mol. The van der Waals surface area contributed by atoms with E-state index in [0.29, 0.717) is 11.6 Å². The van der Waals surface area contributed by atoms with E-state index < -0.39 is 11.9 Å². The first-order valence-corrected chi connectivity index (χ1v) is 5.15. The third-order valence-corrected chi connectivity index (χ3v) is 2.48. The summed E-state index contributed by atoms with van der Waals surface area (Å²) in [4.78, 5) is 4.07. The third kappa shape index (κ3) is 5.02. The van der Waals surface area contributed by atoms with Crippen molar-refractivity contribution in [2.75, 3.05) is 24.6 Å². The predicted molar refractivity (Wildman–Crippen MR) is 48.3 cm³/mol. The second kappa shape index (κ2) is 4.74. The van der Waals surface area contributed by atoms with Gasteiger partial charge in [0.05, 0.1) is 11.5 Å². The molecule has 0 radical (unpaired) electrons. The van der Waals surface area contributed by atoms with Crippen LogP contribution in [-0.4, -0.2) is 36.6 Å². The molecule has 0 spiro atoms. The van der Waals surface area contributed by atoms with Crippen molar-refractivity contribution in [3.63, 3.8) is 0 Å². The van der Waals surface area contributed by atoms with Gasteiger partial charge in [0.25, 0.3) is 0 Å². The normalized spacial score (nSPS) is 17.9. The van der Waals surface area contributed by atoms with E-state index in [1.165, 1.54) is 0 Å². The zero-order chi connectivity index (χ0) is 9.73. The Morgan fingerprint density at radius 1 is 1.46 bits per heavy atom. The predicted octanol–water partition coefficient (Wildman–Crippen LogP) is 1.67. The number of thioether (sulfide) groups is 1. The molecule has 0 amide bonds. The molecule has 0 aliphatic carbocycles. The highest BCUT2D eigenvalue weighted by Gasteiger charge is 2.26. The van der Waals surface area contributed by atoms with Crippen LogP contribution >= 0.6 is 11.8 Å². The summed E-state index contributed by atoms with van der Waals surface area (Å²) in [6.45, 7) is 1.56. The summed E-state index contributed by atoms with van der Waals surface area (Å²) < 4.78 is 35.2. The highest BCUT2D eigenvalue weighted by Crippen LogP contribution is 2.20. The summed E-state index contributed by atoms with van der Waals surface area (Å²) in [5, 5.41) is 2.97. The maximum Gasteiger partial charge on any atom is 0.397 e. The van der Waals surface area contributed by atoms with Crippen LogP contribution in [0.1, 0.15) is 6.42 Å². The second-order valence-electron chi connectivity index (χ2n) is 2.72. The van der Waals surface area contributed by atoms with Crippen LogP contribution in [0.15, 0.2) is 4.99 Å². The Balaban J connectivity index is 2.15. The molecule has 1 aliphatic rings. The minimum Gasteiger partial charge on any atom is -0.373 e. The van der Waals surface area contributed by atoms with E-state index in [2.05, 4.69) is 10.3 Å². The zero-order valence-corrected chi connectivity index (χ0v) is 7.84. The van der Waals surface area contributed by atoms with Crippen molar-refractivity contribution in [1.29, 1.82) is 0 Å². The topological polar surface area (TPSA) is 24.4 Å². The minimum absolute atomic E-state index is 0.333. The molecular formula is C7H11F3N2S. The number of hydrogen-bond donors (Lipinski definition) is 1. The summed E-state index contributed by atoms with van der Waals surface area (Å²) in [6, 6.07) is 0. The molecule has 2 nitrogen and oxygen atoms in total. The molecule has 0 atom stereocenters. The molecule has 0 saturated carbocycles. The molecule has 13 heavy (non-hydrogen) atoms. The Kier molecular flexibility index (Phi) is 3.90. The van der Waals surface area contributed by atoms with Gasteiger partial charge in [-0.25, -0.2) is 0 Å². The van der Waals surface area contributed by atoms with E-state index in [0.717, 1.165) is 31.3 Å². The summed E-state index contributed by atoms with van der Waals surface area (Å²) in [5.74, 6) is 0.230. The van der Waals surface area contributed by atoms with Gasteiger partial charge in [-0.05, 0) is 6.42 Å². The van der Waals surface area contributed by atoms with Crippen LogP contribution in [0.25, 0.3) is 0 Å². The van der Waals surface area contributed by atoms with Gasteiger partial charge in [-0.2, -0.15) is 13.2 Å². The lowest BCUT2D eigenvalue weighted by atomic mass is 10.4. The highest BCUT2D eigenvalue weighted by molar-refractivity contribution is 8.00. The molecule has 0 bridgehead atoms. The summed E-state index contributed by atoms with van der Waals surface area (Å²) in [7, 11) is 0. The van der Waals surface area contributed by atoms with Crippen molar-refractivity contribution >= 4 is 17.6 Å². The van der Waals surface area contributed by atoms with Gasteiger partial charge in [0.15, 0.2) is 0 Å². The van der Waals surface area contributed by atoms with E-state index >= 15 is 0 Å². The van der Waals surface area contributed by atoms with Gasteiger partial charge in [0.2, 0.25) is 0 Å². The first-order valence-electron chi connectivity index (χ1n) is 3.99. The molecular weight excluding hydrogens is 201 g/mol. The van der Waals surface area contributed by atoms with E-state index in [-0.39, 0.29) is 0 Å². The number of alkyl halides is 3. The maximum absolute atomic E-state index is 11.7. The van der Waals surface area contributed by atoms with Crippen LogP contribution < -0.4 is 5.32 Å². The van der Waals surface area contributed by atoms with Gasteiger partial charge >= 0.3 is 6.18 Å². The molecule has 0 unspecified atom stereocenters. The number of halogens is 3. The van der Waals surface area contributed by atoms with Crippen molar-refractivity contribution in [3.05, 3.63) is 0 Å². The highest BCUT2D eigenvalue weighted by atomic mass is 32.2. The van der Waals surface area contributed by atoms with Gasteiger partial charge in [0.1, 0.15) is 5.84 Å². The molecule has 1 heterocycles. The van der Waals surface area contributed by atoms with E-state index in [1.807, 2.05) is 0 Å². The lowest BCUT2D eigenvalue weighted by Gasteiger charge is -2.14. The van der Waals surface area contributed by atoms with Gasteiger partial charge in [-0.15, -0.1) is 11.8 Å². The van der Waals surface area contributed by atoms with Crippen molar-refractivity contribution in [1.82, 2.24) is 5.32 Å². The number of amidine groups is 1. The Bertz CT molecular complexity index is 191. The number of rotatable bonds is 3. The SMILES string of the molecule is FC(F)(F)CSCC1=NCCCN1. The Morgan fingerprint density at radius 2 is 2.23 bits per heavy atom. The van der Waals surface area contributed by atoms with E-state index in [4.69, 9.17) is 0 Å². The second-order valence-corrected chi connectivity index (χ2v) is 3.70. The summed E-state index contributed by atoms with van der Waals surface area (Å²) in [5.41, 5.74) is 0. The van der Waals surface area contributed by atoms with Crippen molar-refractivity contribution in [2.24, 2.45) is 4.99 Å². The van der Waals surface area contributed by atoms with Crippen LogP contribution in [0, 0.1) is 0 Å². The Labute approximate surface area is 79.0 Å². The van der Waals surface area contributed by atoms with Crippen LogP contribution in [0.5, 0.6) is 0 Å². The molecule has 1 rings (SSSR count). The van der Waals surface area contributed by atoms with Crippen LogP contribution in [0.4, 0.5) is 13.2 Å². The van der Waals surface area contributed by atoms with Gasteiger partial charge in [-0.1, -0.05) is 0 Å². The van der Waals surface area contributed by atoms with Gasteiger partial charge < -0.3 is 5.32 Å². The lowest BCUT2D eigenvalue weighted by molar-refractivity contribution is -0.105. The first kappa shape index (κ1) is 10.7. The number of nitrogens with zero attached hydrogens (tertiary/aromatic N) is 1. The van der Waals surface area contributed by atoms with E-state index in [9.17, 15) is 13.2 Å². The molecule has 1 aliphatic heterocycles. The van der Waals surface area contributed by atoms with Gasteiger partial charge in [-0.3, -0.25) is 4.99 Å². The molecule has 6 heteroatoms. The maximum atomic E-state index is 11.7. The van der Waals surface area contributed by atoms with Crippen LogP contribution in [0.2, 0.25) is 0 Å². The molecule has 0 aromatic rings. The fourth-order valence-corrected chi connectivity index (χ4v) is 1.66. The fraction of sp³-hybridized carbons (Fsp3) is 0.857. The number of nitrogens with one attached hydrogen (secondary N) is 1. The Hall–Kier alpha value is -0.390. The molecule has 0 saturated heterocycles. The number of aliphatic imine (C=N–C) groups is 1. The fourth-order valence-electron chi connectivity index (χ4n) is 0.942. The van der Waals surface area contributed by atoms with Crippen LogP contribution in [-0.2, 0) is 0 Å². The number of hydrogen-bond acceptors (Lipinski definition) is 3. The summed E-state index contributed by atoms with van der Waals surface area (Å²) >= 11 is 0.848. The smallest absolute Gasteiger partial charge is 0.373 e. The largest absolute Gasteiger partial charge is 0.397 e. The van der Waals surface area contributed by atoms with Gasteiger partial charge in [0, 0.05) is 13.1 Å². The lowest BCUT2D eigenvalue weighted by Crippen LogP contribution is -2.31. The minimum atomic E-state index is -4.07. The van der Waals surface area contributed by atoms with Crippen molar-refractivity contribution < 1.29 is 13.2 Å². The average Bonchev–Trinajstić information content (AvgIpc) is 2.04. The monoisotopic (exact) mass is 212 g/mol.